The van der Waals surface area contributed by atoms with E-state index in [1.165, 1.54) is 19.3 Å². The SMILES string of the molecule is CNCc1cc(S(=O)(=O)NC(C)CN2CCCCC2)c[nH]1. The summed E-state index contributed by atoms with van der Waals surface area (Å²) in [6, 6.07) is 1.59. The van der Waals surface area contributed by atoms with Crippen LogP contribution in [0.15, 0.2) is 17.2 Å². The molecule has 1 aliphatic heterocycles. The van der Waals surface area contributed by atoms with Crippen LogP contribution in [0.2, 0.25) is 0 Å². The molecule has 0 spiro atoms. The summed E-state index contributed by atoms with van der Waals surface area (Å²) in [5, 5.41) is 2.99. The van der Waals surface area contributed by atoms with E-state index in [9.17, 15) is 8.42 Å². The van der Waals surface area contributed by atoms with E-state index in [0.717, 1.165) is 25.3 Å². The van der Waals surface area contributed by atoms with Gasteiger partial charge in [0.15, 0.2) is 0 Å². The predicted octanol–water partition coefficient (Wildman–Crippen LogP) is 0.887. The average Bonchev–Trinajstić information content (AvgIpc) is 2.89. The summed E-state index contributed by atoms with van der Waals surface area (Å²) >= 11 is 0. The Kier molecular flexibility index (Phi) is 5.80. The van der Waals surface area contributed by atoms with Crippen molar-refractivity contribution in [3.05, 3.63) is 18.0 Å². The normalized spacial score (nSPS) is 18.8. The molecule has 2 rings (SSSR count). The summed E-state index contributed by atoms with van der Waals surface area (Å²) in [5.74, 6) is 0. The number of piperidine rings is 1. The van der Waals surface area contributed by atoms with E-state index in [0.29, 0.717) is 11.4 Å². The minimum atomic E-state index is -3.44. The van der Waals surface area contributed by atoms with Crippen molar-refractivity contribution in [2.75, 3.05) is 26.7 Å². The number of rotatable bonds is 7. The quantitative estimate of drug-likeness (QED) is 0.698. The Morgan fingerprint density at radius 1 is 1.33 bits per heavy atom. The van der Waals surface area contributed by atoms with Gasteiger partial charge in [0.05, 0.1) is 4.90 Å². The molecule has 1 atom stereocenters. The Morgan fingerprint density at radius 3 is 2.71 bits per heavy atom. The van der Waals surface area contributed by atoms with Gasteiger partial charge in [0, 0.05) is 31.0 Å². The molecule has 1 aromatic rings. The standard InChI is InChI=1S/C14H26N4O2S/c1-12(11-18-6-4-3-5-7-18)17-21(19,20)14-8-13(9-15-2)16-10-14/h8,10,12,15-17H,3-7,9,11H2,1-2H3. The van der Waals surface area contributed by atoms with Gasteiger partial charge in [-0.2, -0.15) is 0 Å². The maximum Gasteiger partial charge on any atom is 0.242 e. The van der Waals surface area contributed by atoms with Gasteiger partial charge in [-0.05, 0) is 46.0 Å². The first-order chi connectivity index (χ1) is 10.0. The Bertz CT molecular complexity index is 535. The fraction of sp³-hybridized carbons (Fsp3) is 0.714. The van der Waals surface area contributed by atoms with E-state index >= 15 is 0 Å². The fourth-order valence-electron chi connectivity index (χ4n) is 2.77. The molecule has 0 aliphatic carbocycles. The van der Waals surface area contributed by atoms with Crippen LogP contribution in [-0.4, -0.2) is 51.0 Å². The second-order valence-electron chi connectivity index (χ2n) is 5.77. The topological polar surface area (TPSA) is 77.2 Å². The van der Waals surface area contributed by atoms with Crippen LogP contribution >= 0.6 is 0 Å². The third-order valence-corrected chi connectivity index (χ3v) is 5.30. The maximum absolute atomic E-state index is 12.3. The third-order valence-electron chi connectivity index (χ3n) is 3.73. The highest BCUT2D eigenvalue weighted by molar-refractivity contribution is 7.89. The Morgan fingerprint density at radius 2 is 2.05 bits per heavy atom. The van der Waals surface area contributed by atoms with Gasteiger partial charge in [0.2, 0.25) is 10.0 Å². The van der Waals surface area contributed by atoms with E-state index < -0.39 is 10.0 Å². The van der Waals surface area contributed by atoms with E-state index in [1.54, 1.807) is 12.3 Å². The van der Waals surface area contributed by atoms with Crippen molar-refractivity contribution in [2.45, 2.75) is 43.7 Å². The molecule has 0 aromatic carbocycles. The van der Waals surface area contributed by atoms with Crippen LogP contribution in [-0.2, 0) is 16.6 Å². The predicted molar refractivity (Wildman–Crippen MR) is 83.6 cm³/mol. The molecular formula is C14H26N4O2S. The smallest absolute Gasteiger partial charge is 0.242 e. The number of aromatic amines is 1. The van der Waals surface area contributed by atoms with Gasteiger partial charge in [0.1, 0.15) is 0 Å². The van der Waals surface area contributed by atoms with Gasteiger partial charge in [-0.3, -0.25) is 0 Å². The highest BCUT2D eigenvalue weighted by Gasteiger charge is 2.21. The van der Waals surface area contributed by atoms with Crippen molar-refractivity contribution in [1.29, 1.82) is 0 Å². The minimum Gasteiger partial charge on any atom is -0.363 e. The number of sulfonamides is 1. The molecule has 1 aromatic heterocycles. The zero-order valence-electron chi connectivity index (χ0n) is 12.9. The van der Waals surface area contributed by atoms with Crippen LogP contribution in [0.3, 0.4) is 0 Å². The van der Waals surface area contributed by atoms with Crippen molar-refractivity contribution < 1.29 is 8.42 Å². The van der Waals surface area contributed by atoms with Crippen molar-refractivity contribution >= 4 is 10.0 Å². The lowest BCUT2D eigenvalue weighted by Crippen LogP contribution is -2.43. The second-order valence-corrected chi connectivity index (χ2v) is 7.49. The lowest BCUT2D eigenvalue weighted by molar-refractivity contribution is 0.215. The van der Waals surface area contributed by atoms with E-state index in [-0.39, 0.29) is 6.04 Å². The number of nitrogens with one attached hydrogen (secondary N) is 3. The lowest BCUT2D eigenvalue weighted by Gasteiger charge is -2.29. The van der Waals surface area contributed by atoms with Gasteiger partial charge in [-0.25, -0.2) is 13.1 Å². The fourth-order valence-corrected chi connectivity index (χ4v) is 4.02. The molecule has 0 saturated carbocycles. The van der Waals surface area contributed by atoms with E-state index in [2.05, 4.69) is 19.9 Å². The van der Waals surface area contributed by atoms with Crippen molar-refractivity contribution in [1.82, 2.24) is 19.9 Å². The van der Waals surface area contributed by atoms with Gasteiger partial charge in [0.25, 0.3) is 0 Å². The van der Waals surface area contributed by atoms with Gasteiger partial charge < -0.3 is 15.2 Å². The maximum atomic E-state index is 12.3. The first-order valence-corrected chi connectivity index (χ1v) is 9.06. The molecule has 0 amide bonds. The minimum absolute atomic E-state index is 0.0873. The summed E-state index contributed by atoms with van der Waals surface area (Å²) in [6.07, 6.45) is 5.26. The van der Waals surface area contributed by atoms with Crippen LogP contribution in [0.1, 0.15) is 31.9 Å². The Balaban J connectivity index is 1.92. The van der Waals surface area contributed by atoms with Crippen LogP contribution in [0.4, 0.5) is 0 Å². The molecule has 1 fully saturated rings. The highest BCUT2D eigenvalue weighted by Crippen LogP contribution is 2.13. The summed E-state index contributed by atoms with van der Waals surface area (Å²) in [6.45, 7) is 5.46. The molecule has 21 heavy (non-hydrogen) atoms. The zero-order valence-corrected chi connectivity index (χ0v) is 13.7. The van der Waals surface area contributed by atoms with Crippen LogP contribution in [0, 0.1) is 0 Å². The summed E-state index contributed by atoms with van der Waals surface area (Å²) < 4.78 is 27.4. The number of likely N-dealkylation sites (tertiary alicyclic amines) is 1. The Labute approximate surface area is 127 Å². The molecule has 1 aliphatic rings. The monoisotopic (exact) mass is 314 g/mol. The summed E-state index contributed by atoms with van der Waals surface area (Å²) in [5.41, 5.74) is 0.863. The molecule has 120 valence electrons. The first-order valence-electron chi connectivity index (χ1n) is 7.58. The average molecular weight is 314 g/mol. The van der Waals surface area contributed by atoms with Crippen LogP contribution in [0.5, 0.6) is 0 Å². The molecule has 3 N–H and O–H groups in total. The number of hydrogen-bond acceptors (Lipinski definition) is 4. The largest absolute Gasteiger partial charge is 0.363 e. The van der Waals surface area contributed by atoms with Gasteiger partial charge >= 0.3 is 0 Å². The zero-order chi connectivity index (χ0) is 15.3. The highest BCUT2D eigenvalue weighted by atomic mass is 32.2. The summed E-state index contributed by atoms with van der Waals surface area (Å²) in [7, 11) is -1.62. The van der Waals surface area contributed by atoms with E-state index in [1.807, 2.05) is 14.0 Å². The first kappa shape index (κ1) is 16.5. The molecule has 6 nitrogen and oxygen atoms in total. The van der Waals surface area contributed by atoms with Gasteiger partial charge in [-0.1, -0.05) is 6.42 Å². The number of aromatic nitrogens is 1. The number of hydrogen-bond donors (Lipinski definition) is 3. The molecule has 1 saturated heterocycles. The van der Waals surface area contributed by atoms with Crippen LogP contribution < -0.4 is 10.0 Å². The molecule has 7 heteroatoms. The number of nitrogens with zero attached hydrogens (tertiary/aromatic N) is 1. The third kappa shape index (κ3) is 4.81. The molecule has 0 radical (unpaired) electrons. The second kappa shape index (κ2) is 7.40. The van der Waals surface area contributed by atoms with Gasteiger partial charge in [-0.15, -0.1) is 0 Å². The molecule has 1 unspecified atom stereocenters. The molecular weight excluding hydrogens is 288 g/mol. The Hall–Kier alpha value is -0.890. The van der Waals surface area contributed by atoms with Crippen molar-refractivity contribution in [3.8, 4) is 0 Å². The molecule has 0 bridgehead atoms. The van der Waals surface area contributed by atoms with Crippen molar-refractivity contribution in [3.63, 3.8) is 0 Å². The summed E-state index contributed by atoms with van der Waals surface area (Å²) in [4.78, 5) is 5.61. The molecule has 2 heterocycles. The lowest BCUT2D eigenvalue weighted by atomic mass is 10.1. The number of H-pyrrole nitrogens is 1. The van der Waals surface area contributed by atoms with Crippen molar-refractivity contribution in [2.24, 2.45) is 0 Å². The van der Waals surface area contributed by atoms with Crippen LogP contribution in [0.25, 0.3) is 0 Å². The van der Waals surface area contributed by atoms with E-state index in [4.69, 9.17) is 0 Å².